The largest absolute Gasteiger partial charge is 0.481 e. The molecule has 0 aliphatic carbocycles. The Morgan fingerprint density at radius 2 is 1.95 bits per heavy atom. The number of aromatic nitrogens is 2. The van der Waals surface area contributed by atoms with E-state index in [1.807, 2.05) is 32.0 Å². The van der Waals surface area contributed by atoms with Gasteiger partial charge in [-0.15, -0.1) is 10.2 Å². The second-order valence-electron chi connectivity index (χ2n) is 4.28. The van der Waals surface area contributed by atoms with Gasteiger partial charge in [0, 0.05) is 5.56 Å². The normalized spacial score (nSPS) is 10.4. The number of carboxylic acid groups (broad SMARTS) is 1. The first-order chi connectivity index (χ1) is 9.97. The molecule has 0 spiro atoms. The lowest BCUT2D eigenvalue weighted by Crippen LogP contribution is -2.14. The highest BCUT2D eigenvalue weighted by molar-refractivity contribution is 8.01. The molecule has 0 saturated carbocycles. The van der Waals surface area contributed by atoms with Gasteiger partial charge in [-0.25, -0.2) is 0 Å². The molecule has 0 atom stereocenters. The number of rotatable bonds is 5. The van der Waals surface area contributed by atoms with Gasteiger partial charge in [-0.1, -0.05) is 41.3 Å². The van der Waals surface area contributed by atoms with Crippen molar-refractivity contribution in [3.8, 4) is 0 Å². The molecule has 0 aliphatic rings. The Morgan fingerprint density at radius 3 is 2.57 bits per heavy atom. The fourth-order valence-electron chi connectivity index (χ4n) is 1.77. The number of carbonyl (C=O) groups excluding carboxylic acids is 1. The van der Waals surface area contributed by atoms with Gasteiger partial charge >= 0.3 is 5.97 Å². The molecule has 1 heterocycles. The van der Waals surface area contributed by atoms with Gasteiger partial charge < -0.3 is 5.11 Å². The second kappa shape index (κ2) is 6.68. The molecule has 1 aromatic carbocycles. The van der Waals surface area contributed by atoms with Gasteiger partial charge in [0.25, 0.3) is 5.91 Å². The summed E-state index contributed by atoms with van der Waals surface area (Å²) in [6.45, 7) is 3.74. The molecule has 0 fully saturated rings. The summed E-state index contributed by atoms with van der Waals surface area (Å²) >= 11 is 2.23. The van der Waals surface area contributed by atoms with Crippen molar-refractivity contribution >= 4 is 40.1 Å². The average Bonchev–Trinajstić information content (AvgIpc) is 2.83. The molecule has 1 amide bonds. The van der Waals surface area contributed by atoms with E-state index in [2.05, 4.69) is 15.5 Å². The first-order valence-electron chi connectivity index (χ1n) is 6.03. The summed E-state index contributed by atoms with van der Waals surface area (Å²) in [7, 11) is 0. The van der Waals surface area contributed by atoms with E-state index in [0.29, 0.717) is 15.0 Å². The minimum absolute atomic E-state index is 0.0838. The van der Waals surface area contributed by atoms with Crippen LogP contribution >= 0.6 is 23.1 Å². The Kier molecular flexibility index (Phi) is 4.92. The topological polar surface area (TPSA) is 92.2 Å². The van der Waals surface area contributed by atoms with Crippen LogP contribution in [0.4, 0.5) is 5.13 Å². The molecule has 2 aromatic rings. The summed E-state index contributed by atoms with van der Waals surface area (Å²) in [5, 5.41) is 19.3. The van der Waals surface area contributed by atoms with Crippen LogP contribution in [0.3, 0.4) is 0 Å². The van der Waals surface area contributed by atoms with Crippen molar-refractivity contribution in [1.82, 2.24) is 10.2 Å². The highest BCUT2D eigenvalue weighted by Crippen LogP contribution is 2.26. The number of amides is 1. The van der Waals surface area contributed by atoms with E-state index in [-0.39, 0.29) is 11.7 Å². The molecule has 6 nitrogen and oxygen atoms in total. The molecule has 110 valence electrons. The maximum Gasteiger partial charge on any atom is 0.313 e. The van der Waals surface area contributed by atoms with Gasteiger partial charge in [0.05, 0.1) is 5.75 Å². The second-order valence-corrected chi connectivity index (χ2v) is 6.48. The van der Waals surface area contributed by atoms with Gasteiger partial charge in [0.15, 0.2) is 4.34 Å². The summed E-state index contributed by atoms with van der Waals surface area (Å²) in [6, 6.07) is 5.64. The van der Waals surface area contributed by atoms with E-state index in [1.165, 1.54) is 0 Å². The van der Waals surface area contributed by atoms with E-state index >= 15 is 0 Å². The van der Waals surface area contributed by atoms with Crippen molar-refractivity contribution < 1.29 is 14.7 Å². The monoisotopic (exact) mass is 323 g/mol. The molecule has 2 rings (SSSR count). The number of aryl methyl sites for hydroxylation is 2. The van der Waals surface area contributed by atoms with Crippen molar-refractivity contribution in [3.63, 3.8) is 0 Å². The Balaban J connectivity index is 2.08. The molecule has 0 aliphatic heterocycles. The first kappa shape index (κ1) is 15.5. The third-order valence-corrected chi connectivity index (χ3v) is 4.61. The molecule has 2 N–H and O–H groups in total. The van der Waals surface area contributed by atoms with Crippen LogP contribution in [0.1, 0.15) is 21.5 Å². The fourth-order valence-corrected chi connectivity index (χ4v) is 3.24. The Bertz CT molecular complexity index is 665. The van der Waals surface area contributed by atoms with Gasteiger partial charge in [-0.3, -0.25) is 14.9 Å². The van der Waals surface area contributed by atoms with Crippen LogP contribution in [-0.4, -0.2) is 32.9 Å². The smallest absolute Gasteiger partial charge is 0.313 e. The molecule has 0 bridgehead atoms. The molecular weight excluding hydrogens is 310 g/mol. The van der Waals surface area contributed by atoms with Gasteiger partial charge in [-0.05, 0) is 25.0 Å². The van der Waals surface area contributed by atoms with Crippen molar-refractivity contribution in [2.45, 2.75) is 18.2 Å². The number of thioether (sulfide) groups is 1. The van der Waals surface area contributed by atoms with Gasteiger partial charge in [0.2, 0.25) is 5.13 Å². The van der Waals surface area contributed by atoms with E-state index in [9.17, 15) is 9.59 Å². The lowest BCUT2D eigenvalue weighted by atomic mass is 10.0. The molecule has 0 unspecified atom stereocenters. The molecule has 21 heavy (non-hydrogen) atoms. The summed E-state index contributed by atoms with van der Waals surface area (Å²) in [4.78, 5) is 22.7. The van der Waals surface area contributed by atoms with Crippen LogP contribution in [0.2, 0.25) is 0 Å². The van der Waals surface area contributed by atoms with Gasteiger partial charge in [0.1, 0.15) is 0 Å². The van der Waals surface area contributed by atoms with Crippen LogP contribution in [0, 0.1) is 13.8 Å². The maximum absolute atomic E-state index is 12.3. The molecule has 0 saturated heterocycles. The first-order valence-corrected chi connectivity index (χ1v) is 7.83. The number of anilines is 1. The van der Waals surface area contributed by atoms with Crippen molar-refractivity contribution in [1.29, 1.82) is 0 Å². The number of hydrogen-bond acceptors (Lipinski definition) is 6. The van der Waals surface area contributed by atoms with Crippen LogP contribution in [0.5, 0.6) is 0 Å². The highest BCUT2D eigenvalue weighted by atomic mass is 32.2. The van der Waals surface area contributed by atoms with E-state index < -0.39 is 5.97 Å². The van der Waals surface area contributed by atoms with Crippen LogP contribution in [0.15, 0.2) is 22.5 Å². The van der Waals surface area contributed by atoms with Crippen LogP contribution in [0.25, 0.3) is 0 Å². The maximum atomic E-state index is 12.3. The number of carbonyl (C=O) groups is 2. The predicted molar refractivity (Wildman–Crippen MR) is 82.1 cm³/mol. The third kappa shape index (κ3) is 4.02. The minimum atomic E-state index is -0.920. The summed E-state index contributed by atoms with van der Waals surface area (Å²) in [5.41, 5.74) is 2.39. The zero-order valence-corrected chi connectivity index (χ0v) is 13.0. The van der Waals surface area contributed by atoms with Gasteiger partial charge in [-0.2, -0.15) is 0 Å². The van der Waals surface area contributed by atoms with Crippen LogP contribution in [-0.2, 0) is 4.79 Å². The SMILES string of the molecule is Cc1cccc(C)c1C(=O)Nc1nnc(SCC(=O)O)s1. The standard InChI is InChI=1S/C13H13N3O3S2/c1-7-4-3-5-8(2)10(7)11(19)14-12-15-16-13(21-12)20-6-9(17)18/h3-5H,6H2,1-2H3,(H,17,18)(H,14,15,19). The number of benzene rings is 1. The minimum Gasteiger partial charge on any atom is -0.481 e. The Morgan fingerprint density at radius 1 is 1.29 bits per heavy atom. The number of carboxylic acids is 1. The summed E-state index contributed by atoms with van der Waals surface area (Å²) in [5.74, 6) is -1.24. The number of aliphatic carboxylic acids is 1. The Hall–Kier alpha value is -1.93. The lowest BCUT2D eigenvalue weighted by molar-refractivity contribution is -0.133. The summed E-state index contributed by atoms with van der Waals surface area (Å²) < 4.78 is 0.509. The Labute approximate surface area is 129 Å². The molecule has 8 heteroatoms. The predicted octanol–water partition coefficient (Wildman–Crippen LogP) is 2.58. The zero-order valence-electron chi connectivity index (χ0n) is 11.4. The number of hydrogen-bond donors (Lipinski definition) is 2. The fraction of sp³-hybridized carbons (Fsp3) is 0.231. The van der Waals surface area contributed by atoms with Crippen molar-refractivity contribution in [2.75, 3.05) is 11.1 Å². The summed E-state index contributed by atoms with van der Waals surface area (Å²) in [6.07, 6.45) is 0. The van der Waals surface area contributed by atoms with Crippen LogP contribution < -0.4 is 5.32 Å². The highest BCUT2D eigenvalue weighted by Gasteiger charge is 2.14. The van der Waals surface area contributed by atoms with E-state index in [1.54, 1.807) is 0 Å². The lowest BCUT2D eigenvalue weighted by Gasteiger charge is -2.08. The van der Waals surface area contributed by atoms with Crippen molar-refractivity contribution in [3.05, 3.63) is 34.9 Å². The molecular formula is C13H13N3O3S2. The average molecular weight is 323 g/mol. The zero-order chi connectivity index (χ0) is 15.4. The third-order valence-electron chi connectivity index (χ3n) is 2.65. The van der Waals surface area contributed by atoms with E-state index in [4.69, 9.17) is 5.11 Å². The number of nitrogens with one attached hydrogen (secondary N) is 1. The van der Waals surface area contributed by atoms with E-state index in [0.717, 1.165) is 34.2 Å². The van der Waals surface area contributed by atoms with Crippen molar-refractivity contribution in [2.24, 2.45) is 0 Å². The molecule has 1 aromatic heterocycles. The number of nitrogens with zero attached hydrogens (tertiary/aromatic N) is 2. The molecule has 0 radical (unpaired) electrons. The quantitative estimate of drug-likeness (QED) is 0.649.